The molecule has 4 aromatic rings. The Morgan fingerprint density at radius 2 is 1.61 bits per heavy atom. The molecule has 33 heavy (non-hydrogen) atoms. The Morgan fingerprint density at radius 3 is 2.27 bits per heavy atom. The minimum Gasteiger partial charge on any atom is -0.548 e. The van der Waals surface area contributed by atoms with Gasteiger partial charge in [0.05, 0.1) is 12.0 Å². The van der Waals surface area contributed by atoms with Gasteiger partial charge in [0.2, 0.25) is 0 Å². The van der Waals surface area contributed by atoms with E-state index in [0.29, 0.717) is 22.3 Å². The normalized spacial score (nSPS) is 12.6. The van der Waals surface area contributed by atoms with Crippen molar-refractivity contribution in [1.82, 2.24) is 5.32 Å². The van der Waals surface area contributed by atoms with Gasteiger partial charge < -0.3 is 24.4 Å². The number of carboxylic acids is 1. The summed E-state index contributed by atoms with van der Waals surface area (Å²) in [6.07, 6.45) is -1.02. The summed E-state index contributed by atoms with van der Waals surface area (Å²) in [6, 6.07) is 22.7. The molecule has 0 aliphatic rings. The fraction of sp³-hybridized carbons (Fsp3) is 0.115. The first-order chi connectivity index (χ1) is 15.9. The van der Waals surface area contributed by atoms with Crippen LogP contribution in [-0.4, -0.2) is 18.0 Å². The Morgan fingerprint density at radius 1 is 0.939 bits per heavy atom. The quantitative estimate of drug-likeness (QED) is 0.441. The van der Waals surface area contributed by atoms with E-state index < -0.39 is 29.6 Å². The van der Waals surface area contributed by atoms with Gasteiger partial charge in [0.15, 0.2) is 6.10 Å². The van der Waals surface area contributed by atoms with Crippen LogP contribution in [0.1, 0.15) is 18.5 Å². The van der Waals surface area contributed by atoms with Gasteiger partial charge in [-0.05, 0) is 35.7 Å². The van der Waals surface area contributed by atoms with Crippen molar-refractivity contribution in [1.29, 1.82) is 0 Å². The highest BCUT2D eigenvalue weighted by atomic mass is 16.5. The third-order valence-electron chi connectivity index (χ3n) is 5.14. The van der Waals surface area contributed by atoms with Crippen molar-refractivity contribution in [3.8, 4) is 16.9 Å². The molecule has 166 valence electrons. The second-order valence-corrected chi connectivity index (χ2v) is 7.43. The maximum Gasteiger partial charge on any atom is 0.336 e. The van der Waals surface area contributed by atoms with Gasteiger partial charge in [0.1, 0.15) is 11.3 Å². The SMILES string of the molecule is C[C@H](Oc1ccc2c(-c3ccccc3)cc(=O)oc2c1)C(=O)NC(C(=O)[O-])c1ccccc1. The summed E-state index contributed by atoms with van der Waals surface area (Å²) < 4.78 is 11.0. The Labute approximate surface area is 189 Å². The van der Waals surface area contributed by atoms with Crippen LogP contribution in [-0.2, 0) is 9.59 Å². The number of hydrogen-bond donors (Lipinski definition) is 1. The summed E-state index contributed by atoms with van der Waals surface area (Å²) >= 11 is 0. The van der Waals surface area contributed by atoms with Crippen LogP contribution in [0.5, 0.6) is 5.75 Å². The molecule has 0 radical (unpaired) electrons. The summed E-state index contributed by atoms with van der Waals surface area (Å²) in [5.41, 5.74) is 1.77. The van der Waals surface area contributed by atoms with Crippen molar-refractivity contribution in [2.45, 2.75) is 19.1 Å². The number of carbonyl (C=O) groups is 2. The molecule has 1 amide bonds. The molecule has 7 heteroatoms. The average Bonchev–Trinajstić information content (AvgIpc) is 2.82. The molecular formula is C26H20NO6-. The molecule has 1 N–H and O–H groups in total. The number of hydrogen-bond acceptors (Lipinski definition) is 6. The highest BCUT2D eigenvalue weighted by Gasteiger charge is 2.21. The zero-order valence-electron chi connectivity index (χ0n) is 17.7. The van der Waals surface area contributed by atoms with Crippen molar-refractivity contribution in [2.75, 3.05) is 0 Å². The van der Waals surface area contributed by atoms with E-state index in [-0.39, 0.29) is 0 Å². The molecule has 4 rings (SSSR count). The Kier molecular flexibility index (Phi) is 6.22. The number of rotatable bonds is 7. The standard InChI is InChI=1S/C26H21NO6/c1-16(25(29)27-24(26(30)31)18-10-6-3-7-11-18)32-19-12-13-20-21(17-8-4-2-5-9-17)15-23(28)33-22(20)14-19/h2-16,24H,1H3,(H,27,29)(H,30,31)/p-1/t16-,24?/m0/s1. The first kappa shape index (κ1) is 21.8. The lowest BCUT2D eigenvalue weighted by Crippen LogP contribution is -2.45. The highest BCUT2D eigenvalue weighted by Crippen LogP contribution is 2.30. The van der Waals surface area contributed by atoms with Gasteiger partial charge in [0.25, 0.3) is 5.91 Å². The third-order valence-corrected chi connectivity index (χ3v) is 5.14. The molecule has 2 atom stereocenters. The second-order valence-electron chi connectivity index (χ2n) is 7.43. The summed E-state index contributed by atoms with van der Waals surface area (Å²) in [5, 5.41) is 14.7. The molecule has 1 aromatic heterocycles. The van der Waals surface area contributed by atoms with Crippen LogP contribution < -0.4 is 20.8 Å². The predicted molar refractivity (Wildman–Crippen MR) is 120 cm³/mol. The smallest absolute Gasteiger partial charge is 0.336 e. The molecule has 3 aromatic carbocycles. The zero-order chi connectivity index (χ0) is 23.4. The van der Waals surface area contributed by atoms with Crippen LogP contribution in [0.4, 0.5) is 0 Å². The van der Waals surface area contributed by atoms with Crippen molar-refractivity contribution >= 4 is 22.8 Å². The predicted octanol–water partition coefficient (Wildman–Crippen LogP) is 2.83. The van der Waals surface area contributed by atoms with Gasteiger partial charge in [-0.3, -0.25) is 4.79 Å². The largest absolute Gasteiger partial charge is 0.548 e. The average molecular weight is 442 g/mol. The van der Waals surface area contributed by atoms with Crippen LogP contribution in [0.3, 0.4) is 0 Å². The fourth-order valence-electron chi connectivity index (χ4n) is 3.51. The molecule has 1 unspecified atom stereocenters. The lowest BCUT2D eigenvalue weighted by atomic mass is 10.0. The molecule has 0 aliphatic carbocycles. The number of benzene rings is 3. The number of nitrogens with one attached hydrogen (secondary N) is 1. The summed E-state index contributed by atoms with van der Waals surface area (Å²) in [7, 11) is 0. The van der Waals surface area contributed by atoms with Crippen LogP contribution in [0.15, 0.2) is 94.1 Å². The Bertz CT molecular complexity index is 1350. The van der Waals surface area contributed by atoms with Crippen LogP contribution >= 0.6 is 0 Å². The molecule has 0 saturated carbocycles. The minimum absolute atomic E-state index is 0.295. The van der Waals surface area contributed by atoms with Gasteiger partial charge in [-0.15, -0.1) is 0 Å². The van der Waals surface area contributed by atoms with E-state index in [0.717, 1.165) is 11.1 Å². The molecular weight excluding hydrogens is 422 g/mol. The first-order valence-electron chi connectivity index (χ1n) is 10.3. The molecule has 0 aliphatic heterocycles. The maximum absolute atomic E-state index is 12.6. The summed E-state index contributed by atoms with van der Waals surface area (Å²) in [4.78, 5) is 36.2. The van der Waals surface area contributed by atoms with E-state index in [4.69, 9.17) is 9.15 Å². The van der Waals surface area contributed by atoms with E-state index in [2.05, 4.69) is 5.32 Å². The molecule has 0 saturated heterocycles. The van der Waals surface area contributed by atoms with Crippen LogP contribution in [0, 0.1) is 0 Å². The van der Waals surface area contributed by atoms with E-state index in [1.807, 2.05) is 30.3 Å². The van der Waals surface area contributed by atoms with Crippen LogP contribution in [0.2, 0.25) is 0 Å². The monoisotopic (exact) mass is 442 g/mol. The zero-order valence-corrected chi connectivity index (χ0v) is 17.7. The number of fused-ring (bicyclic) bond motifs is 1. The third kappa shape index (κ3) is 4.93. The van der Waals surface area contributed by atoms with Crippen molar-refractivity contribution in [3.63, 3.8) is 0 Å². The lowest BCUT2D eigenvalue weighted by molar-refractivity contribution is -0.308. The van der Waals surface area contributed by atoms with Gasteiger partial charge in [-0.25, -0.2) is 4.79 Å². The summed E-state index contributed by atoms with van der Waals surface area (Å²) in [6.45, 7) is 1.49. The molecule has 7 nitrogen and oxygen atoms in total. The van der Waals surface area contributed by atoms with Crippen LogP contribution in [0.25, 0.3) is 22.1 Å². The number of ether oxygens (including phenoxy) is 1. The minimum atomic E-state index is -1.43. The highest BCUT2D eigenvalue weighted by molar-refractivity contribution is 5.94. The van der Waals surface area contributed by atoms with Crippen molar-refractivity contribution < 1.29 is 23.8 Å². The number of carbonyl (C=O) groups excluding carboxylic acids is 2. The van der Waals surface area contributed by atoms with E-state index in [1.165, 1.54) is 19.1 Å². The molecule has 0 bridgehead atoms. The van der Waals surface area contributed by atoms with Gasteiger partial charge in [0, 0.05) is 17.5 Å². The maximum atomic E-state index is 12.6. The second kappa shape index (κ2) is 9.40. The van der Waals surface area contributed by atoms with Gasteiger partial charge in [-0.2, -0.15) is 0 Å². The molecule has 1 heterocycles. The lowest BCUT2D eigenvalue weighted by Gasteiger charge is -2.22. The van der Waals surface area contributed by atoms with Crippen molar-refractivity contribution in [2.24, 2.45) is 0 Å². The number of amides is 1. The van der Waals surface area contributed by atoms with E-state index in [1.54, 1.807) is 42.5 Å². The molecule has 0 spiro atoms. The topological polar surface area (TPSA) is 109 Å². The number of carboxylic acid groups (broad SMARTS) is 1. The molecule has 0 fully saturated rings. The van der Waals surface area contributed by atoms with E-state index in [9.17, 15) is 19.5 Å². The van der Waals surface area contributed by atoms with Crippen molar-refractivity contribution in [3.05, 3.63) is 101 Å². The van der Waals surface area contributed by atoms with E-state index >= 15 is 0 Å². The Hall–Kier alpha value is -4.39. The first-order valence-corrected chi connectivity index (χ1v) is 10.3. The Balaban J connectivity index is 1.55. The summed E-state index contributed by atoms with van der Waals surface area (Å²) in [5.74, 6) is -1.77. The fourth-order valence-corrected chi connectivity index (χ4v) is 3.51. The van der Waals surface area contributed by atoms with Gasteiger partial charge >= 0.3 is 5.63 Å². The van der Waals surface area contributed by atoms with Gasteiger partial charge in [-0.1, -0.05) is 60.7 Å². The number of aliphatic carboxylic acids is 1.